The summed E-state index contributed by atoms with van der Waals surface area (Å²) in [5.41, 5.74) is 0.898. The third kappa shape index (κ3) is 6.08. The Morgan fingerprint density at radius 3 is 2.96 bits per heavy atom. The molecule has 1 unspecified atom stereocenters. The fourth-order valence-electron chi connectivity index (χ4n) is 2.63. The van der Waals surface area contributed by atoms with E-state index in [-0.39, 0.29) is 29.0 Å². The van der Waals surface area contributed by atoms with Gasteiger partial charge in [0, 0.05) is 32.7 Å². The number of ether oxygens (including phenoxy) is 1. The van der Waals surface area contributed by atoms with Gasteiger partial charge in [-0.05, 0) is 31.0 Å². The molecule has 1 aromatic rings. The average molecular weight is 456 g/mol. The Kier molecular flexibility index (Phi) is 9.16. The van der Waals surface area contributed by atoms with Gasteiger partial charge in [0.1, 0.15) is 5.82 Å². The Morgan fingerprint density at radius 1 is 1.52 bits per heavy atom. The van der Waals surface area contributed by atoms with Crippen LogP contribution in [0.25, 0.3) is 0 Å². The SMILES string of the molecule is CCNC(=NCc1ccc(F)c(Cl)c1)N1CCC(COC)C1.I. The number of nitrogens with zero attached hydrogens (tertiary/aromatic N) is 2. The topological polar surface area (TPSA) is 36.9 Å². The Morgan fingerprint density at radius 2 is 2.30 bits per heavy atom. The molecule has 1 aliphatic heterocycles. The highest BCUT2D eigenvalue weighted by atomic mass is 127. The lowest BCUT2D eigenvalue weighted by atomic mass is 10.1. The van der Waals surface area contributed by atoms with Crippen molar-refractivity contribution in [1.29, 1.82) is 0 Å². The first-order chi connectivity index (χ1) is 10.6. The summed E-state index contributed by atoms with van der Waals surface area (Å²) < 4.78 is 18.4. The molecule has 1 atom stereocenters. The quantitative estimate of drug-likeness (QED) is 0.419. The molecule has 130 valence electrons. The number of likely N-dealkylation sites (tertiary alicyclic amines) is 1. The van der Waals surface area contributed by atoms with Crippen molar-refractivity contribution >= 4 is 41.5 Å². The van der Waals surface area contributed by atoms with Gasteiger partial charge >= 0.3 is 0 Å². The van der Waals surface area contributed by atoms with Crippen molar-refractivity contribution in [3.05, 3.63) is 34.6 Å². The van der Waals surface area contributed by atoms with E-state index in [4.69, 9.17) is 16.3 Å². The molecule has 0 aliphatic carbocycles. The van der Waals surface area contributed by atoms with E-state index in [9.17, 15) is 4.39 Å². The summed E-state index contributed by atoms with van der Waals surface area (Å²) in [6.45, 7) is 6.05. The second-order valence-electron chi connectivity index (χ2n) is 5.47. The van der Waals surface area contributed by atoms with E-state index in [0.717, 1.165) is 44.2 Å². The zero-order valence-electron chi connectivity index (χ0n) is 13.5. The van der Waals surface area contributed by atoms with Crippen molar-refractivity contribution in [2.75, 3.05) is 33.4 Å². The van der Waals surface area contributed by atoms with Gasteiger partial charge in [-0.3, -0.25) is 0 Å². The number of halogens is 3. The summed E-state index contributed by atoms with van der Waals surface area (Å²) in [5, 5.41) is 3.45. The molecule has 23 heavy (non-hydrogen) atoms. The summed E-state index contributed by atoms with van der Waals surface area (Å²) in [6.07, 6.45) is 1.11. The van der Waals surface area contributed by atoms with Gasteiger partial charge < -0.3 is 15.0 Å². The van der Waals surface area contributed by atoms with Gasteiger partial charge in [0.25, 0.3) is 0 Å². The molecule has 0 aromatic heterocycles. The summed E-state index contributed by atoms with van der Waals surface area (Å²) >= 11 is 5.81. The van der Waals surface area contributed by atoms with Gasteiger partial charge in [0.05, 0.1) is 18.2 Å². The zero-order valence-corrected chi connectivity index (χ0v) is 16.6. The molecule has 1 aliphatic rings. The average Bonchev–Trinajstić information content (AvgIpc) is 2.96. The van der Waals surface area contributed by atoms with Gasteiger partial charge in [-0.25, -0.2) is 9.38 Å². The van der Waals surface area contributed by atoms with Crippen molar-refractivity contribution in [1.82, 2.24) is 10.2 Å². The molecule has 0 spiro atoms. The maximum absolute atomic E-state index is 13.2. The maximum atomic E-state index is 13.2. The minimum atomic E-state index is -0.400. The molecule has 1 fully saturated rings. The van der Waals surface area contributed by atoms with Crippen molar-refractivity contribution in [3.8, 4) is 0 Å². The van der Waals surface area contributed by atoms with E-state index < -0.39 is 5.82 Å². The summed E-state index contributed by atoms with van der Waals surface area (Å²) in [5.74, 6) is 1.04. The van der Waals surface area contributed by atoms with Crippen molar-refractivity contribution in [2.45, 2.75) is 19.9 Å². The molecule has 0 radical (unpaired) electrons. The smallest absolute Gasteiger partial charge is 0.194 e. The lowest BCUT2D eigenvalue weighted by Gasteiger charge is -2.21. The lowest BCUT2D eigenvalue weighted by Crippen LogP contribution is -2.40. The number of methoxy groups -OCH3 is 1. The minimum Gasteiger partial charge on any atom is -0.384 e. The number of aliphatic imine (C=N–C) groups is 1. The van der Waals surface area contributed by atoms with E-state index in [1.807, 2.05) is 6.92 Å². The van der Waals surface area contributed by atoms with Gasteiger partial charge in [-0.1, -0.05) is 17.7 Å². The van der Waals surface area contributed by atoms with E-state index in [2.05, 4.69) is 15.2 Å². The van der Waals surface area contributed by atoms with E-state index in [1.54, 1.807) is 19.2 Å². The van der Waals surface area contributed by atoms with Crippen LogP contribution in [0.3, 0.4) is 0 Å². The summed E-state index contributed by atoms with van der Waals surface area (Å²) in [6, 6.07) is 4.72. The van der Waals surface area contributed by atoms with Gasteiger partial charge in [0.2, 0.25) is 0 Å². The predicted octanol–water partition coefficient (Wildman–Crippen LogP) is 3.53. The molecule has 0 bridgehead atoms. The lowest BCUT2D eigenvalue weighted by molar-refractivity contribution is 0.157. The van der Waals surface area contributed by atoms with Crippen molar-refractivity contribution in [2.24, 2.45) is 10.9 Å². The monoisotopic (exact) mass is 455 g/mol. The standard InChI is InChI=1S/C16H23ClFN3O.HI/c1-3-19-16(21-7-6-13(10-21)11-22-2)20-9-12-4-5-15(18)14(17)8-12;/h4-5,8,13H,3,6-7,9-11H2,1-2H3,(H,19,20);1H. The van der Waals surface area contributed by atoms with Crippen LogP contribution in [0.2, 0.25) is 5.02 Å². The molecule has 1 aromatic carbocycles. The van der Waals surface area contributed by atoms with Gasteiger partial charge in [-0.15, -0.1) is 24.0 Å². The molecule has 2 rings (SSSR count). The second kappa shape index (κ2) is 10.3. The fraction of sp³-hybridized carbons (Fsp3) is 0.562. The molecular weight excluding hydrogens is 432 g/mol. The van der Waals surface area contributed by atoms with Crippen LogP contribution in [0.5, 0.6) is 0 Å². The van der Waals surface area contributed by atoms with E-state index in [0.29, 0.717) is 12.5 Å². The third-order valence-corrected chi connectivity index (χ3v) is 4.01. The predicted molar refractivity (Wildman–Crippen MR) is 103 cm³/mol. The van der Waals surface area contributed by atoms with Crippen LogP contribution >= 0.6 is 35.6 Å². The van der Waals surface area contributed by atoms with Crippen molar-refractivity contribution in [3.63, 3.8) is 0 Å². The second-order valence-corrected chi connectivity index (χ2v) is 5.88. The minimum absolute atomic E-state index is 0. The molecule has 1 heterocycles. The zero-order chi connectivity index (χ0) is 15.9. The van der Waals surface area contributed by atoms with Crippen LogP contribution in [-0.2, 0) is 11.3 Å². The van der Waals surface area contributed by atoms with Crippen LogP contribution in [0.15, 0.2) is 23.2 Å². The van der Waals surface area contributed by atoms with Crippen LogP contribution < -0.4 is 5.32 Å². The van der Waals surface area contributed by atoms with E-state index in [1.165, 1.54) is 6.07 Å². The molecular formula is C16H24ClFIN3O. The third-order valence-electron chi connectivity index (χ3n) is 3.72. The first kappa shape index (κ1) is 20.4. The highest BCUT2D eigenvalue weighted by Crippen LogP contribution is 2.18. The highest BCUT2D eigenvalue weighted by molar-refractivity contribution is 14.0. The van der Waals surface area contributed by atoms with Gasteiger partial charge in [0.15, 0.2) is 5.96 Å². The Bertz CT molecular complexity index is 530. The molecule has 0 amide bonds. The number of nitrogens with one attached hydrogen (secondary N) is 1. The van der Waals surface area contributed by atoms with Crippen molar-refractivity contribution < 1.29 is 9.13 Å². The van der Waals surface area contributed by atoms with Crippen LogP contribution in [0.1, 0.15) is 18.9 Å². The van der Waals surface area contributed by atoms with Crippen LogP contribution in [0, 0.1) is 11.7 Å². The summed E-state index contributed by atoms with van der Waals surface area (Å²) in [7, 11) is 1.74. The van der Waals surface area contributed by atoms with Gasteiger partial charge in [-0.2, -0.15) is 0 Å². The normalized spacial score (nSPS) is 18.0. The first-order valence-electron chi connectivity index (χ1n) is 7.60. The Labute approximate surface area is 159 Å². The molecule has 1 saturated heterocycles. The largest absolute Gasteiger partial charge is 0.384 e. The fourth-order valence-corrected chi connectivity index (χ4v) is 2.83. The number of guanidine groups is 1. The Balaban J connectivity index is 0.00000264. The first-order valence-corrected chi connectivity index (χ1v) is 7.98. The van der Waals surface area contributed by atoms with E-state index >= 15 is 0 Å². The maximum Gasteiger partial charge on any atom is 0.194 e. The number of hydrogen-bond acceptors (Lipinski definition) is 2. The molecule has 0 saturated carbocycles. The highest BCUT2D eigenvalue weighted by Gasteiger charge is 2.24. The van der Waals surface area contributed by atoms with Crippen LogP contribution in [0.4, 0.5) is 4.39 Å². The number of hydrogen-bond donors (Lipinski definition) is 1. The molecule has 4 nitrogen and oxygen atoms in total. The molecule has 7 heteroatoms. The number of rotatable bonds is 5. The molecule has 1 N–H and O–H groups in total. The summed E-state index contributed by atoms with van der Waals surface area (Å²) in [4.78, 5) is 6.89. The van der Waals surface area contributed by atoms with Crippen LogP contribution in [-0.4, -0.2) is 44.2 Å². The Hall–Kier alpha value is -0.600. The number of benzene rings is 1.